The van der Waals surface area contributed by atoms with Gasteiger partial charge >= 0.3 is 0 Å². The Morgan fingerprint density at radius 3 is 1.94 bits per heavy atom. The van der Waals surface area contributed by atoms with Gasteiger partial charge in [0.1, 0.15) is 0 Å². The summed E-state index contributed by atoms with van der Waals surface area (Å²) in [7, 11) is -3.17. The first-order valence-corrected chi connectivity index (χ1v) is 17.7. The van der Waals surface area contributed by atoms with Crippen LogP contribution < -0.4 is 15.9 Å². The van der Waals surface area contributed by atoms with Gasteiger partial charge in [-0.15, -0.1) is 0 Å². The Hall–Kier alpha value is -5.69. The Bertz CT molecular complexity index is 2760. The summed E-state index contributed by atoms with van der Waals surface area (Å²) >= 11 is 0. The monoisotopic (exact) mass is 617 g/mol. The molecule has 10 rings (SSSR count). The Morgan fingerprint density at radius 2 is 1.11 bits per heavy atom. The van der Waals surface area contributed by atoms with Crippen molar-refractivity contribution < 1.29 is 4.57 Å². The number of para-hydroxylation sites is 1. The molecule has 0 amide bonds. The van der Waals surface area contributed by atoms with Crippen molar-refractivity contribution >= 4 is 66.4 Å². The van der Waals surface area contributed by atoms with Crippen LogP contribution in [0, 0.1) is 0 Å². The maximum Gasteiger partial charge on any atom is 0.174 e. The highest BCUT2D eigenvalue weighted by molar-refractivity contribution is 7.86. The van der Waals surface area contributed by atoms with Crippen molar-refractivity contribution in [2.24, 2.45) is 0 Å². The van der Waals surface area contributed by atoms with Crippen LogP contribution in [0.15, 0.2) is 170 Å². The van der Waals surface area contributed by atoms with E-state index in [0.29, 0.717) is 0 Å². The fourth-order valence-electron chi connectivity index (χ4n) is 7.77. The van der Waals surface area contributed by atoms with Crippen LogP contribution in [0.3, 0.4) is 0 Å². The highest BCUT2D eigenvalue weighted by Gasteiger charge is 2.42. The van der Waals surface area contributed by atoms with Gasteiger partial charge in [-0.2, -0.15) is 0 Å². The van der Waals surface area contributed by atoms with Crippen molar-refractivity contribution in [2.75, 3.05) is 0 Å². The van der Waals surface area contributed by atoms with E-state index in [4.69, 9.17) is 0 Å². The molecule has 1 aromatic heterocycles. The maximum absolute atomic E-state index is 15.7. The number of hydrogen-bond donors (Lipinski definition) is 0. The van der Waals surface area contributed by atoms with E-state index >= 15 is 4.57 Å². The predicted octanol–water partition coefficient (Wildman–Crippen LogP) is 10.4. The van der Waals surface area contributed by atoms with Gasteiger partial charge in [0, 0.05) is 27.1 Å². The Balaban J connectivity index is 1.20. The first kappa shape index (κ1) is 26.5. The van der Waals surface area contributed by atoms with E-state index in [9.17, 15) is 0 Å². The molecule has 1 unspecified atom stereocenters. The molecular weight excluding hydrogens is 589 g/mol. The van der Waals surface area contributed by atoms with E-state index in [0.717, 1.165) is 60.1 Å². The first-order chi connectivity index (χ1) is 23.2. The molecule has 1 aliphatic heterocycles. The van der Waals surface area contributed by atoms with Gasteiger partial charge in [0.25, 0.3) is 0 Å². The lowest BCUT2D eigenvalue weighted by Crippen LogP contribution is -2.22. The lowest BCUT2D eigenvalue weighted by atomic mass is 9.98. The van der Waals surface area contributed by atoms with Gasteiger partial charge in [0.05, 0.1) is 16.3 Å². The second-order valence-corrected chi connectivity index (χ2v) is 15.1. The van der Waals surface area contributed by atoms with E-state index < -0.39 is 7.14 Å². The van der Waals surface area contributed by atoms with Crippen LogP contribution >= 0.6 is 7.14 Å². The second kappa shape index (κ2) is 9.90. The van der Waals surface area contributed by atoms with Gasteiger partial charge in [-0.25, -0.2) is 0 Å². The number of hydrogen-bond acceptors (Lipinski definition) is 1. The molecule has 8 aromatic carbocycles. The minimum Gasteiger partial charge on any atom is -0.309 e. The third kappa shape index (κ3) is 3.77. The number of rotatable bonds is 3. The quantitative estimate of drug-likeness (QED) is 0.143. The highest BCUT2D eigenvalue weighted by Crippen LogP contribution is 2.54. The Labute approximate surface area is 272 Å². The lowest BCUT2D eigenvalue weighted by Gasteiger charge is -2.18. The SMILES string of the molecule is O=P1(c2ccccc2)c2ccccc2-c2ccc3c4ccccc4n(-c4ccc(-c5ccc6cc7ccccc7cc6c5)cc4)c3c21. The predicted molar refractivity (Wildman–Crippen MR) is 200 cm³/mol. The molecule has 9 aromatic rings. The summed E-state index contributed by atoms with van der Waals surface area (Å²) in [6.07, 6.45) is 0. The fourth-order valence-corrected chi connectivity index (χ4v) is 11.0. The average molecular weight is 618 g/mol. The van der Waals surface area contributed by atoms with Gasteiger partial charge in [-0.3, -0.25) is 0 Å². The number of aromatic nitrogens is 1. The smallest absolute Gasteiger partial charge is 0.174 e. The molecule has 0 bridgehead atoms. The molecule has 2 heterocycles. The average Bonchev–Trinajstić information content (AvgIpc) is 3.61. The van der Waals surface area contributed by atoms with Crippen LogP contribution in [0.25, 0.3) is 71.3 Å². The minimum absolute atomic E-state index is 0.870. The number of benzene rings is 8. The maximum atomic E-state index is 15.7. The number of nitrogens with zero attached hydrogens (tertiary/aromatic N) is 1. The molecule has 1 atom stereocenters. The largest absolute Gasteiger partial charge is 0.309 e. The fraction of sp³-hybridized carbons (Fsp3) is 0. The molecular formula is C44H28NOP. The summed E-state index contributed by atoms with van der Waals surface area (Å²) in [5.74, 6) is 0. The topological polar surface area (TPSA) is 22.0 Å². The van der Waals surface area contributed by atoms with E-state index in [1.165, 1.54) is 27.1 Å². The van der Waals surface area contributed by atoms with Crippen molar-refractivity contribution in [1.82, 2.24) is 4.57 Å². The summed E-state index contributed by atoms with van der Waals surface area (Å²) in [5, 5.41) is 9.99. The van der Waals surface area contributed by atoms with E-state index in [1.54, 1.807) is 0 Å². The zero-order valence-corrected chi connectivity index (χ0v) is 26.4. The van der Waals surface area contributed by atoms with Gasteiger partial charge < -0.3 is 9.13 Å². The van der Waals surface area contributed by atoms with E-state index in [-0.39, 0.29) is 0 Å². The van der Waals surface area contributed by atoms with Crippen molar-refractivity contribution in [3.63, 3.8) is 0 Å². The van der Waals surface area contributed by atoms with Gasteiger partial charge in [-0.1, -0.05) is 133 Å². The van der Waals surface area contributed by atoms with Crippen LogP contribution in [0.1, 0.15) is 0 Å². The Kier molecular flexibility index (Phi) is 5.59. The molecule has 220 valence electrons. The minimum atomic E-state index is -3.17. The van der Waals surface area contributed by atoms with Crippen LogP contribution in [0.2, 0.25) is 0 Å². The van der Waals surface area contributed by atoms with Crippen LogP contribution in [-0.2, 0) is 4.57 Å². The van der Waals surface area contributed by atoms with Crippen molar-refractivity contribution in [2.45, 2.75) is 0 Å². The molecule has 0 saturated carbocycles. The summed E-state index contributed by atoms with van der Waals surface area (Å²) in [5.41, 5.74) is 7.66. The van der Waals surface area contributed by atoms with Gasteiger partial charge in [0.15, 0.2) is 7.14 Å². The van der Waals surface area contributed by atoms with Crippen LogP contribution in [-0.4, -0.2) is 4.57 Å². The highest BCUT2D eigenvalue weighted by atomic mass is 31.2. The zero-order valence-electron chi connectivity index (χ0n) is 25.5. The summed E-state index contributed by atoms with van der Waals surface area (Å²) in [4.78, 5) is 0. The molecule has 0 fully saturated rings. The van der Waals surface area contributed by atoms with Gasteiger partial charge in [0.2, 0.25) is 0 Å². The summed E-state index contributed by atoms with van der Waals surface area (Å²) in [6, 6.07) is 59.9. The molecule has 0 saturated heterocycles. The van der Waals surface area contributed by atoms with Crippen LogP contribution in [0.4, 0.5) is 0 Å². The molecule has 3 heteroatoms. The third-order valence-corrected chi connectivity index (χ3v) is 13.1. The van der Waals surface area contributed by atoms with Crippen LogP contribution in [0.5, 0.6) is 0 Å². The summed E-state index contributed by atoms with van der Waals surface area (Å²) < 4.78 is 18.1. The van der Waals surface area contributed by atoms with Crippen molar-refractivity contribution in [3.05, 3.63) is 170 Å². The first-order valence-electron chi connectivity index (χ1n) is 16.0. The number of fused-ring (bicyclic) bond motifs is 9. The van der Waals surface area contributed by atoms with Gasteiger partial charge in [-0.05, 0) is 80.2 Å². The van der Waals surface area contributed by atoms with E-state index in [1.807, 2.05) is 36.4 Å². The lowest BCUT2D eigenvalue weighted by molar-refractivity contribution is 0.593. The molecule has 47 heavy (non-hydrogen) atoms. The molecule has 1 aliphatic rings. The molecule has 0 N–H and O–H groups in total. The summed E-state index contributed by atoms with van der Waals surface area (Å²) in [6.45, 7) is 0. The second-order valence-electron chi connectivity index (χ2n) is 12.5. The third-order valence-electron chi connectivity index (χ3n) is 9.94. The normalized spacial score (nSPS) is 15.4. The van der Waals surface area contributed by atoms with Crippen molar-refractivity contribution in [1.29, 1.82) is 0 Å². The molecule has 0 radical (unpaired) electrons. The standard InChI is InChI=1S/C44H28NOP/c46-47(36-12-2-1-3-13-36)42-17-9-7-15-38(42)40-25-24-39-37-14-6-8-16-41(37)45(43(39)44(40)47)35-22-20-29(21-23-35)32-18-19-33-26-30-10-4-5-11-31(30)27-34(33)28-32/h1-28H. The zero-order chi connectivity index (χ0) is 31.1. The molecule has 0 spiro atoms. The molecule has 2 nitrogen and oxygen atoms in total. The van der Waals surface area contributed by atoms with E-state index in [2.05, 4.69) is 138 Å². The molecule has 0 aliphatic carbocycles. The van der Waals surface area contributed by atoms with Crippen molar-refractivity contribution in [3.8, 4) is 27.9 Å². The Morgan fingerprint density at radius 1 is 0.447 bits per heavy atom.